The fourth-order valence-corrected chi connectivity index (χ4v) is 5.66. The maximum Gasteiger partial charge on any atom is 0.327 e. The monoisotopic (exact) mass is 571 g/mol. The Labute approximate surface area is 240 Å². The van der Waals surface area contributed by atoms with E-state index in [2.05, 4.69) is 11.8 Å². The minimum atomic E-state index is -0.690. The van der Waals surface area contributed by atoms with E-state index in [0.29, 0.717) is 41.8 Å². The molecule has 4 rings (SSSR count). The average Bonchev–Trinajstić information content (AvgIpc) is 3.19. The lowest BCUT2D eigenvalue weighted by atomic mass is 9.81. The number of nitrogens with zero attached hydrogens (tertiary/aromatic N) is 3. The Balaban J connectivity index is 1.44. The van der Waals surface area contributed by atoms with Crippen molar-refractivity contribution in [1.82, 2.24) is 14.7 Å². The molecule has 216 valence electrons. The van der Waals surface area contributed by atoms with Crippen LogP contribution in [0.2, 0.25) is 5.02 Å². The molecule has 0 spiro atoms. The van der Waals surface area contributed by atoms with Crippen LogP contribution in [0.3, 0.4) is 0 Å². The van der Waals surface area contributed by atoms with Gasteiger partial charge in [0.1, 0.15) is 13.2 Å². The largest absolute Gasteiger partial charge is 0.493 e. The van der Waals surface area contributed by atoms with Gasteiger partial charge in [0.2, 0.25) is 5.91 Å². The average molecular weight is 572 g/mol. The number of imide groups is 1. The number of hydrogen-bond acceptors (Lipinski definition) is 6. The van der Waals surface area contributed by atoms with Gasteiger partial charge in [0, 0.05) is 31.2 Å². The van der Waals surface area contributed by atoms with Crippen LogP contribution in [0.1, 0.15) is 49.8 Å². The van der Waals surface area contributed by atoms with Crippen molar-refractivity contribution in [3.63, 3.8) is 0 Å². The Kier molecular flexibility index (Phi) is 9.92. The number of benzene rings is 2. The zero-order chi connectivity index (χ0) is 28.8. The molecule has 40 heavy (non-hydrogen) atoms. The van der Waals surface area contributed by atoms with Gasteiger partial charge in [0.05, 0.1) is 19.6 Å². The SMILES string of the molecule is COc1cc(CN(C[C@H]2CC[C@H](C(=O)O)CC2)[C@@H](C)c2ccc(Cl)cc2)ccc1OCCN1C(=O)CN(C)C1=O. The number of rotatable bonds is 12. The molecular formula is C30H38ClN3O6. The van der Waals surface area contributed by atoms with E-state index in [4.69, 9.17) is 21.1 Å². The van der Waals surface area contributed by atoms with E-state index >= 15 is 0 Å². The summed E-state index contributed by atoms with van der Waals surface area (Å²) in [6.45, 7) is 4.12. The molecule has 2 fully saturated rings. The first-order valence-corrected chi connectivity index (χ1v) is 14.1. The molecule has 3 amide bonds. The lowest BCUT2D eigenvalue weighted by Crippen LogP contribution is -2.35. The molecule has 2 aromatic rings. The number of carbonyl (C=O) groups excluding carboxylic acids is 2. The molecule has 0 radical (unpaired) electrons. The fraction of sp³-hybridized carbons (Fsp3) is 0.500. The molecule has 2 aliphatic rings. The van der Waals surface area contributed by atoms with Gasteiger partial charge in [-0.05, 0) is 73.9 Å². The fourth-order valence-electron chi connectivity index (χ4n) is 5.54. The molecule has 1 saturated heterocycles. The first-order chi connectivity index (χ1) is 19.2. The topological polar surface area (TPSA) is 99.6 Å². The van der Waals surface area contributed by atoms with Crippen molar-refractivity contribution < 1.29 is 29.0 Å². The Morgan fingerprint density at radius 2 is 1.80 bits per heavy atom. The van der Waals surface area contributed by atoms with Crippen molar-refractivity contribution in [1.29, 1.82) is 0 Å². The Morgan fingerprint density at radius 3 is 2.40 bits per heavy atom. The van der Waals surface area contributed by atoms with E-state index in [9.17, 15) is 19.5 Å². The summed E-state index contributed by atoms with van der Waals surface area (Å²) < 4.78 is 11.5. The second-order valence-corrected chi connectivity index (χ2v) is 11.2. The molecule has 1 heterocycles. The first kappa shape index (κ1) is 29.7. The van der Waals surface area contributed by atoms with Crippen LogP contribution in [-0.4, -0.2) is 78.1 Å². The van der Waals surface area contributed by atoms with Crippen LogP contribution >= 0.6 is 11.6 Å². The van der Waals surface area contributed by atoms with Gasteiger partial charge in [0.15, 0.2) is 11.5 Å². The summed E-state index contributed by atoms with van der Waals surface area (Å²) in [6, 6.07) is 13.5. The summed E-state index contributed by atoms with van der Waals surface area (Å²) in [4.78, 5) is 40.5. The van der Waals surface area contributed by atoms with Crippen LogP contribution in [0.25, 0.3) is 0 Å². The van der Waals surface area contributed by atoms with Crippen molar-refractivity contribution >= 4 is 29.5 Å². The third-order valence-corrected chi connectivity index (χ3v) is 8.26. The van der Waals surface area contributed by atoms with Gasteiger partial charge in [-0.2, -0.15) is 0 Å². The van der Waals surface area contributed by atoms with Crippen LogP contribution in [0, 0.1) is 11.8 Å². The number of ether oxygens (including phenoxy) is 2. The quantitative estimate of drug-likeness (QED) is 0.355. The normalized spacial score (nSPS) is 20.2. The molecule has 10 heteroatoms. The van der Waals surface area contributed by atoms with E-state index < -0.39 is 5.97 Å². The van der Waals surface area contributed by atoms with Gasteiger partial charge < -0.3 is 19.5 Å². The van der Waals surface area contributed by atoms with Gasteiger partial charge in [-0.15, -0.1) is 0 Å². The number of methoxy groups -OCH3 is 1. The van der Waals surface area contributed by atoms with Gasteiger partial charge >= 0.3 is 12.0 Å². The predicted molar refractivity (Wildman–Crippen MR) is 152 cm³/mol. The lowest BCUT2D eigenvalue weighted by molar-refractivity contribution is -0.143. The highest BCUT2D eigenvalue weighted by molar-refractivity contribution is 6.30. The highest BCUT2D eigenvalue weighted by Gasteiger charge is 2.33. The number of carboxylic acids is 1. The number of carboxylic acid groups (broad SMARTS) is 1. The molecule has 0 bridgehead atoms. The van der Waals surface area contributed by atoms with Crippen LogP contribution < -0.4 is 9.47 Å². The van der Waals surface area contributed by atoms with Crippen LogP contribution in [0.15, 0.2) is 42.5 Å². The maximum atomic E-state index is 12.1. The van der Waals surface area contributed by atoms with Crippen molar-refractivity contribution in [2.75, 3.05) is 40.4 Å². The standard InChI is InChI=1S/C30H38ClN3O6/c1-20(23-9-11-25(31)12-10-23)33(17-21-4-7-24(8-5-21)29(36)37)18-22-6-13-26(27(16-22)39-3)40-15-14-34-28(35)19-32(2)30(34)38/h6,9-13,16,20-21,24H,4-5,7-8,14-15,17-19H2,1-3H3,(H,36,37)/t20-,21-,24-/m0/s1. The Morgan fingerprint density at radius 1 is 1.10 bits per heavy atom. The molecule has 2 aromatic carbocycles. The molecule has 1 aliphatic heterocycles. The van der Waals surface area contributed by atoms with Crippen LogP contribution in [0.4, 0.5) is 4.79 Å². The molecular weight excluding hydrogens is 534 g/mol. The molecule has 1 saturated carbocycles. The number of amides is 3. The number of halogens is 1. The van der Waals surface area contributed by atoms with Crippen molar-refractivity contribution in [2.24, 2.45) is 11.8 Å². The van der Waals surface area contributed by atoms with Crippen molar-refractivity contribution in [3.8, 4) is 11.5 Å². The van der Waals surface area contributed by atoms with Gasteiger partial charge in [-0.3, -0.25) is 19.4 Å². The molecule has 0 unspecified atom stereocenters. The Bertz CT molecular complexity index is 1200. The minimum Gasteiger partial charge on any atom is -0.493 e. The molecule has 1 N–H and O–H groups in total. The second-order valence-electron chi connectivity index (χ2n) is 10.7. The lowest BCUT2D eigenvalue weighted by Gasteiger charge is -2.35. The second kappa shape index (κ2) is 13.4. The van der Waals surface area contributed by atoms with Crippen LogP contribution in [-0.2, 0) is 16.1 Å². The van der Waals surface area contributed by atoms with E-state index in [1.54, 1.807) is 14.2 Å². The van der Waals surface area contributed by atoms with Gasteiger partial charge in [-0.1, -0.05) is 29.8 Å². The molecule has 1 aliphatic carbocycles. The van der Waals surface area contributed by atoms with Crippen LogP contribution in [0.5, 0.6) is 11.5 Å². The Hall–Kier alpha value is -3.30. The summed E-state index contributed by atoms with van der Waals surface area (Å²) in [5.74, 6) is 0.385. The zero-order valence-electron chi connectivity index (χ0n) is 23.3. The maximum absolute atomic E-state index is 12.1. The predicted octanol–water partition coefficient (Wildman–Crippen LogP) is 5.08. The smallest absolute Gasteiger partial charge is 0.327 e. The molecule has 1 atom stereocenters. The summed E-state index contributed by atoms with van der Waals surface area (Å²) in [7, 11) is 3.18. The van der Waals surface area contributed by atoms with E-state index in [1.807, 2.05) is 42.5 Å². The highest BCUT2D eigenvalue weighted by atomic mass is 35.5. The van der Waals surface area contributed by atoms with Crippen molar-refractivity contribution in [2.45, 2.75) is 45.2 Å². The number of aliphatic carboxylic acids is 1. The molecule has 0 aromatic heterocycles. The van der Waals surface area contributed by atoms with E-state index in [1.165, 1.54) is 9.80 Å². The number of likely N-dealkylation sites (N-methyl/N-ethyl adjacent to an activating group) is 1. The molecule has 9 nitrogen and oxygen atoms in total. The third kappa shape index (κ3) is 7.26. The first-order valence-electron chi connectivity index (χ1n) is 13.7. The number of urea groups is 1. The number of hydrogen-bond donors (Lipinski definition) is 1. The minimum absolute atomic E-state index is 0.0861. The summed E-state index contributed by atoms with van der Waals surface area (Å²) in [5, 5.41) is 10.1. The van der Waals surface area contributed by atoms with Crippen molar-refractivity contribution in [3.05, 3.63) is 58.6 Å². The van der Waals surface area contributed by atoms with Gasteiger partial charge in [-0.25, -0.2) is 4.79 Å². The zero-order valence-corrected chi connectivity index (χ0v) is 24.1. The third-order valence-electron chi connectivity index (χ3n) is 8.01. The van der Waals surface area contributed by atoms with E-state index in [-0.39, 0.29) is 43.6 Å². The summed E-state index contributed by atoms with van der Waals surface area (Å²) in [6.07, 6.45) is 3.23. The van der Waals surface area contributed by atoms with E-state index in [0.717, 1.165) is 30.5 Å². The highest BCUT2D eigenvalue weighted by Crippen LogP contribution is 2.34. The van der Waals surface area contributed by atoms with Gasteiger partial charge in [0.25, 0.3) is 0 Å². The number of carbonyl (C=O) groups is 3. The summed E-state index contributed by atoms with van der Waals surface area (Å²) >= 11 is 6.14. The summed E-state index contributed by atoms with van der Waals surface area (Å²) in [5.41, 5.74) is 2.21.